The standard InChI is InChI=1S/C21H20N2O2/c24-21(25)23-14-17-12-16(11-10-15-6-2-1-3-7-15)13-22-20(17)18-8-4-5-9-19(18)23/h1-3,6-7,12-13,18-19H,4-5,8-9,14H2,(H,24,25). The first-order valence-corrected chi connectivity index (χ1v) is 8.78. The second kappa shape index (κ2) is 6.60. The number of amides is 1. The summed E-state index contributed by atoms with van der Waals surface area (Å²) in [5.41, 5.74) is 3.87. The molecule has 1 aromatic heterocycles. The van der Waals surface area contributed by atoms with Crippen molar-refractivity contribution in [2.45, 2.75) is 44.2 Å². The number of nitrogens with zero attached hydrogens (tertiary/aromatic N) is 2. The van der Waals surface area contributed by atoms with Crippen LogP contribution in [-0.4, -0.2) is 27.1 Å². The third-order valence-electron chi connectivity index (χ3n) is 5.19. The van der Waals surface area contributed by atoms with Crippen LogP contribution in [-0.2, 0) is 6.54 Å². The van der Waals surface area contributed by atoms with E-state index in [0.717, 1.165) is 48.1 Å². The summed E-state index contributed by atoms with van der Waals surface area (Å²) in [5.74, 6) is 6.51. The predicted octanol–water partition coefficient (Wildman–Crippen LogP) is 4.00. The van der Waals surface area contributed by atoms with Crippen molar-refractivity contribution < 1.29 is 9.90 Å². The molecule has 2 unspecified atom stereocenters. The Hall–Kier alpha value is -2.80. The number of carbonyl (C=O) groups is 1. The van der Waals surface area contributed by atoms with Crippen LogP contribution in [0, 0.1) is 11.8 Å². The molecule has 0 saturated heterocycles. The van der Waals surface area contributed by atoms with Crippen molar-refractivity contribution in [3.05, 3.63) is 65.0 Å². The van der Waals surface area contributed by atoms with Crippen molar-refractivity contribution in [1.29, 1.82) is 0 Å². The Balaban J connectivity index is 1.67. The number of aromatic nitrogens is 1. The molecule has 25 heavy (non-hydrogen) atoms. The van der Waals surface area contributed by atoms with Gasteiger partial charge in [0, 0.05) is 29.3 Å². The fourth-order valence-corrected chi connectivity index (χ4v) is 4.03. The van der Waals surface area contributed by atoms with Crippen molar-refractivity contribution >= 4 is 6.09 Å². The highest BCUT2D eigenvalue weighted by atomic mass is 16.4. The molecule has 0 bridgehead atoms. The van der Waals surface area contributed by atoms with E-state index in [1.165, 1.54) is 0 Å². The van der Waals surface area contributed by atoms with Gasteiger partial charge in [-0.05, 0) is 36.6 Å². The fourth-order valence-electron chi connectivity index (χ4n) is 4.03. The van der Waals surface area contributed by atoms with Gasteiger partial charge in [-0.3, -0.25) is 4.98 Å². The first-order chi connectivity index (χ1) is 12.2. The zero-order chi connectivity index (χ0) is 17.2. The maximum atomic E-state index is 11.7. The molecule has 0 spiro atoms. The maximum Gasteiger partial charge on any atom is 0.407 e. The predicted molar refractivity (Wildman–Crippen MR) is 95.2 cm³/mol. The van der Waals surface area contributed by atoms with E-state index in [4.69, 9.17) is 0 Å². The second-order valence-electron chi connectivity index (χ2n) is 6.75. The molecule has 0 radical (unpaired) electrons. The number of carboxylic acid groups (broad SMARTS) is 1. The van der Waals surface area contributed by atoms with Crippen LogP contribution in [0.15, 0.2) is 42.6 Å². The second-order valence-corrected chi connectivity index (χ2v) is 6.75. The number of hydrogen-bond acceptors (Lipinski definition) is 2. The number of hydrogen-bond donors (Lipinski definition) is 1. The van der Waals surface area contributed by atoms with Gasteiger partial charge in [-0.25, -0.2) is 4.79 Å². The Morgan fingerprint density at radius 2 is 1.88 bits per heavy atom. The van der Waals surface area contributed by atoms with Gasteiger partial charge in [0.15, 0.2) is 0 Å². The van der Waals surface area contributed by atoms with Crippen LogP contribution in [0.3, 0.4) is 0 Å². The summed E-state index contributed by atoms with van der Waals surface area (Å²) in [7, 11) is 0. The summed E-state index contributed by atoms with van der Waals surface area (Å²) in [5, 5.41) is 9.60. The van der Waals surface area contributed by atoms with E-state index in [-0.39, 0.29) is 12.0 Å². The third kappa shape index (κ3) is 3.10. The summed E-state index contributed by atoms with van der Waals surface area (Å²) in [4.78, 5) is 18.0. The van der Waals surface area contributed by atoms with E-state index in [0.29, 0.717) is 6.54 Å². The Bertz CT molecular complexity index is 851. The van der Waals surface area contributed by atoms with Gasteiger partial charge in [0.05, 0.1) is 12.2 Å². The van der Waals surface area contributed by atoms with Crippen LogP contribution in [0.25, 0.3) is 0 Å². The number of rotatable bonds is 0. The van der Waals surface area contributed by atoms with Crippen LogP contribution in [0.1, 0.15) is 54.0 Å². The molecule has 2 aromatic rings. The molecule has 1 aliphatic carbocycles. The van der Waals surface area contributed by atoms with Gasteiger partial charge in [-0.1, -0.05) is 42.9 Å². The monoisotopic (exact) mass is 332 g/mol. The van der Waals surface area contributed by atoms with Gasteiger partial charge in [-0.2, -0.15) is 0 Å². The van der Waals surface area contributed by atoms with Gasteiger partial charge in [0.25, 0.3) is 0 Å². The maximum absolute atomic E-state index is 11.7. The SMILES string of the molecule is O=C(O)N1Cc2cc(C#Cc3ccccc3)cnc2C2CCCCC21. The summed E-state index contributed by atoms with van der Waals surface area (Å²) in [6.45, 7) is 0.416. The molecule has 1 aromatic carbocycles. The Kier molecular flexibility index (Phi) is 4.15. The average Bonchev–Trinajstić information content (AvgIpc) is 2.66. The van der Waals surface area contributed by atoms with Crippen molar-refractivity contribution in [2.75, 3.05) is 0 Å². The summed E-state index contributed by atoms with van der Waals surface area (Å²) in [6, 6.07) is 11.9. The zero-order valence-electron chi connectivity index (χ0n) is 14.0. The molecule has 1 amide bonds. The largest absolute Gasteiger partial charge is 0.465 e. The van der Waals surface area contributed by atoms with E-state index < -0.39 is 6.09 Å². The van der Waals surface area contributed by atoms with E-state index in [9.17, 15) is 9.90 Å². The first-order valence-electron chi connectivity index (χ1n) is 8.78. The van der Waals surface area contributed by atoms with Gasteiger partial charge in [-0.15, -0.1) is 0 Å². The van der Waals surface area contributed by atoms with Crippen molar-refractivity contribution in [3.63, 3.8) is 0 Å². The molecule has 4 rings (SSSR count). The van der Waals surface area contributed by atoms with E-state index in [1.54, 1.807) is 4.90 Å². The molecule has 2 atom stereocenters. The quantitative estimate of drug-likeness (QED) is 0.742. The van der Waals surface area contributed by atoms with Gasteiger partial charge >= 0.3 is 6.09 Å². The third-order valence-corrected chi connectivity index (χ3v) is 5.19. The van der Waals surface area contributed by atoms with Crippen LogP contribution in [0.4, 0.5) is 4.79 Å². The van der Waals surface area contributed by atoms with Crippen LogP contribution >= 0.6 is 0 Å². The lowest BCUT2D eigenvalue weighted by atomic mass is 9.77. The van der Waals surface area contributed by atoms with Crippen molar-refractivity contribution in [2.24, 2.45) is 0 Å². The number of benzene rings is 1. The molecule has 2 heterocycles. The van der Waals surface area contributed by atoms with Crippen molar-refractivity contribution in [3.8, 4) is 11.8 Å². The number of pyridine rings is 1. The molecular formula is C21H20N2O2. The lowest BCUT2D eigenvalue weighted by molar-refractivity contribution is 0.0882. The molecule has 2 aliphatic rings. The molecular weight excluding hydrogens is 312 g/mol. The molecule has 1 N–H and O–H groups in total. The Morgan fingerprint density at radius 1 is 1.12 bits per heavy atom. The minimum absolute atomic E-state index is 0.0764. The Labute approximate surface area is 147 Å². The minimum Gasteiger partial charge on any atom is -0.465 e. The molecule has 1 saturated carbocycles. The Morgan fingerprint density at radius 3 is 2.68 bits per heavy atom. The lowest BCUT2D eigenvalue weighted by Gasteiger charge is -2.43. The van der Waals surface area contributed by atoms with E-state index in [1.807, 2.05) is 42.6 Å². The highest BCUT2D eigenvalue weighted by Crippen LogP contribution is 2.41. The van der Waals surface area contributed by atoms with E-state index in [2.05, 4.69) is 16.8 Å². The topological polar surface area (TPSA) is 53.4 Å². The minimum atomic E-state index is -0.830. The molecule has 4 heteroatoms. The molecule has 126 valence electrons. The van der Waals surface area contributed by atoms with Crippen molar-refractivity contribution in [1.82, 2.24) is 9.88 Å². The van der Waals surface area contributed by atoms with E-state index >= 15 is 0 Å². The summed E-state index contributed by atoms with van der Waals surface area (Å²) < 4.78 is 0. The highest BCUT2D eigenvalue weighted by molar-refractivity contribution is 5.66. The molecule has 4 nitrogen and oxygen atoms in total. The summed E-state index contributed by atoms with van der Waals surface area (Å²) in [6.07, 6.45) is 5.20. The summed E-state index contributed by atoms with van der Waals surface area (Å²) >= 11 is 0. The smallest absolute Gasteiger partial charge is 0.407 e. The van der Waals surface area contributed by atoms with Crippen LogP contribution in [0.5, 0.6) is 0 Å². The average molecular weight is 332 g/mol. The normalized spacial score (nSPS) is 21.5. The highest BCUT2D eigenvalue weighted by Gasteiger charge is 2.39. The molecule has 1 fully saturated rings. The van der Waals surface area contributed by atoms with Gasteiger partial charge in [0.1, 0.15) is 0 Å². The van der Waals surface area contributed by atoms with Crippen LogP contribution in [0.2, 0.25) is 0 Å². The molecule has 1 aliphatic heterocycles. The van der Waals surface area contributed by atoms with Gasteiger partial charge < -0.3 is 10.0 Å². The fraction of sp³-hybridized carbons (Fsp3) is 0.333. The lowest BCUT2D eigenvalue weighted by Crippen LogP contribution is -2.47. The van der Waals surface area contributed by atoms with Gasteiger partial charge in [0.2, 0.25) is 0 Å². The van der Waals surface area contributed by atoms with Crippen LogP contribution < -0.4 is 0 Å². The number of fused-ring (bicyclic) bond motifs is 3. The zero-order valence-corrected chi connectivity index (χ0v) is 14.0. The first kappa shape index (κ1) is 15.7.